The Kier molecular flexibility index (Phi) is 7.72. The standard InChI is InChI=1S/C20H20BrN3O2/c21-15-8-7-9-16(14-15)23-19(25)12-3-1-2-4-13-20(26)24-18-11-6-5-10-17(18)22/h5-11,14H,3-4,12-13,22H2,(H,23,25)(H,24,26). The van der Waals surface area contributed by atoms with Gasteiger partial charge in [-0.05, 0) is 30.3 Å². The van der Waals surface area contributed by atoms with E-state index in [-0.39, 0.29) is 18.2 Å². The summed E-state index contributed by atoms with van der Waals surface area (Å²) in [5.41, 5.74) is 7.65. The Labute approximate surface area is 161 Å². The summed E-state index contributed by atoms with van der Waals surface area (Å²) in [7, 11) is 0. The van der Waals surface area contributed by atoms with Crippen LogP contribution in [0.25, 0.3) is 0 Å². The average Bonchev–Trinajstić information content (AvgIpc) is 2.60. The van der Waals surface area contributed by atoms with E-state index in [0.29, 0.717) is 30.6 Å². The van der Waals surface area contributed by atoms with Gasteiger partial charge < -0.3 is 16.4 Å². The van der Waals surface area contributed by atoms with Gasteiger partial charge >= 0.3 is 0 Å². The minimum atomic E-state index is -0.135. The summed E-state index contributed by atoms with van der Waals surface area (Å²) in [5.74, 6) is 5.61. The normalized spacial score (nSPS) is 9.73. The summed E-state index contributed by atoms with van der Waals surface area (Å²) in [6, 6.07) is 14.5. The molecule has 6 heteroatoms. The molecule has 0 unspecified atom stereocenters. The van der Waals surface area contributed by atoms with Crippen molar-refractivity contribution >= 4 is 44.8 Å². The molecule has 0 atom stereocenters. The summed E-state index contributed by atoms with van der Waals surface area (Å²) in [4.78, 5) is 23.7. The van der Waals surface area contributed by atoms with E-state index < -0.39 is 0 Å². The van der Waals surface area contributed by atoms with Crippen LogP contribution in [0.5, 0.6) is 0 Å². The van der Waals surface area contributed by atoms with E-state index in [1.165, 1.54) is 0 Å². The van der Waals surface area contributed by atoms with Crippen LogP contribution in [-0.4, -0.2) is 11.8 Å². The molecule has 0 aliphatic heterocycles. The smallest absolute Gasteiger partial charge is 0.225 e. The first kappa shape index (κ1) is 19.5. The number of nitrogen functional groups attached to an aromatic ring is 1. The Bertz CT molecular complexity index is 840. The number of nitrogens with two attached hydrogens (primary N) is 1. The van der Waals surface area contributed by atoms with E-state index >= 15 is 0 Å². The Balaban J connectivity index is 1.65. The van der Waals surface area contributed by atoms with Crippen LogP contribution in [0.3, 0.4) is 0 Å². The lowest BCUT2D eigenvalue weighted by molar-refractivity contribution is -0.117. The number of nitrogens with one attached hydrogen (secondary N) is 2. The minimum Gasteiger partial charge on any atom is -0.397 e. The number of para-hydroxylation sites is 2. The zero-order valence-corrected chi connectivity index (χ0v) is 15.8. The zero-order valence-electron chi connectivity index (χ0n) is 14.2. The molecule has 0 aliphatic rings. The molecule has 26 heavy (non-hydrogen) atoms. The molecule has 0 aliphatic carbocycles. The Hall–Kier alpha value is -2.78. The van der Waals surface area contributed by atoms with E-state index in [9.17, 15) is 9.59 Å². The second-order valence-electron chi connectivity index (χ2n) is 5.55. The molecule has 4 N–H and O–H groups in total. The summed E-state index contributed by atoms with van der Waals surface area (Å²) in [5, 5.41) is 5.56. The summed E-state index contributed by atoms with van der Waals surface area (Å²) in [6.45, 7) is 0. The van der Waals surface area contributed by atoms with Crippen molar-refractivity contribution in [1.29, 1.82) is 0 Å². The number of hydrogen-bond acceptors (Lipinski definition) is 3. The number of rotatable bonds is 6. The zero-order chi connectivity index (χ0) is 18.8. The lowest BCUT2D eigenvalue weighted by atomic mass is 10.2. The minimum absolute atomic E-state index is 0.0882. The number of hydrogen-bond donors (Lipinski definition) is 3. The molecule has 2 aromatic rings. The van der Waals surface area contributed by atoms with E-state index in [4.69, 9.17) is 5.73 Å². The number of amides is 2. The van der Waals surface area contributed by atoms with E-state index in [2.05, 4.69) is 38.4 Å². The third-order valence-corrected chi connectivity index (χ3v) is 3.92. The van der Waals surface area contributed by atoms with Crippen molar-refractivity contribution in [2.75, 3.05) is 16.4 Å². The van der Waals surface area contributed by atoms with E-state index in [0.717, 1.165) is 10.2 Å². The maximum atomic E-state index is 11.8. The largest absolute Gasteiger partial charge is 0.397 e. The van der Waals surface area contributed by atoms with Crippen LogP contribution in [0.1, 0.15) is 25.7 Å². The van der Waals surface area contributed by atoms with Crippen LogP contribution < -0.4 is 16.4 Å². The van der Waals surface area contributed by atoms with Crippen molar-refractivity contribution in [1.82, 2.24) is 0 Å². The maximum absolute atomic E-state index is 11.8. The van der Waals surface area contributed by atoms with Gasteiger partial charge in [0.05, 0.1) is 11.4 Å². The molecule has 2 aromatic carbocycles. The molecule has 2 amide bonds. The van der Waals surface area contributed by atoms with Crippen LogP contribution >= 0.6 is 15.9 Å². The molecule has 5 nitrogen and oxygen atoms in total. The second-order valence-corrected chi connectivity index (χ2v) is 6.46. The Morgan fingerprint density at radius 3 is 2.23 bits per heavy atom. The van der Waals surface area contributed by atoms with Gasteiger partial charge in [-0.1, -0.05) is 34.1 Å². The first-order chi connectivity index (χ1) is 12.5. The Morgan fingerprint density at radius 1 is 0.923 bits per heavy atom. The van der Waals surface area contributed by atoms with Gasteiger partial charge in [-0.15, -0.1) is 11.8 Å². The van der Waals surface area contributed by atoms with Crippen LogP contribution in [-0.2, 0) is 9.59 Å². The first-order valence-corrected chi connectivity index (χ1v) is 8.99. The van der Waals surface area contributed by atoms with Gasteiger partial charge in [-0.25, -0.2) is 0 Å². The van der Waals surface area contributed by atoms with Crippen LogP contribution in [0, 0.1) is 11.8 Å². The molecule has 0 saturated heterocycles. The molecule has 134 valence electrons. The van der Waals surface area contributed by atoms with Gasteiger partial charge in [0.25, 0.3) is 0 Å². The molecule has 0 spiro atoms. The van der Waals surface area contributed by atoms with Crippen LogP contribution in [0.2, 0.25) is 0 Å². The van der Waals surface area contributed by atoms with Crippen molar-refractivity contribution in [2.45, 2.75) is 25.7 Å². The number of halogens is 1. The van der Waals surface area contributed by atoms with Crippen LogP contribution in [0.4, 0.5) is 17.1 Å². The number of carbonyl (C=O) groups excluding carboxylic acids is 2. The summed E-state index contributed by atoms with van der Waals surface area (Å²) in [6.07, 6.45) is 1.48. The van der Waals surface area contributed by atoms with Gasteiger partial charge in [0, 0.05) is 35.8 Å². The highest BCUT2D eigenvalue weighted by molar-refractivity contribution is 9.10. The highest BCUT2D eigenvalue weighted by Gasteiger charge is 2.04. The molecule has 0 aromatic heterocycles. The number of carbonyl (C=O) groups is 2. The molecule has 0 heterocycles. The predicted octanol–water partition coefficient (Wildman–Crippen LogP) is 4.17. The fraction of sp³-hybridized carbons (Fsp3) is 0.200. The maximum Gasteiger partial charge on any atom is 0.225 e. The molecule has 0 bridgehead atoms. The Morgan fingerprint density at radius 2 is 1.58 bits per heavy atom. The van der Waals surface area contributed by atoms with Crippen molar-refractivity contribution in [2.24, 2.45) is 0 Å². The van der Waals surface area contributed by atoms with Crippen molar-refractivity contribution < 1.29 is 9.59 Å². The van der Waals surface area contributed by atoms with Gasteiger partial charge in [-0.3, -0.25) is 9.59 Å². The SMILES string of the molecule is Nc1ccccc1NC(=O)CCC#CCCC(=O)Nc1cccc(Br)c1. The predicted molar refractivity (Wildman–Crippen MR) is 108 cm³/mol. The molecule has 0 fully saturated rings. The van der Waals surface area contributed by atoms with Crippen molar-refractivity contribution in [3.63, 3.8) is 0 Å². The topological polar surface area (TPSA) is 84.2 Å². The number of anilines is 3. The third-order valence-electron chi connectivity index (χ3n) is 3.42. The van der Waals surface area contributed by atoms with Crippen LogP contribution in [0.15, 0.2) is 53.0 Å². The molecule has 0 saturated carbocycles. The fourth-order valence-electron chi connectivity index (χ4n) is 2.14. The second kappa shape index (κ2) is 10.3. The summed E-state index contributed by atoms with van der Waals surface area (Å²) >= 11 is 3.36. The third kappa shape index (κ3) is 6.99. The van der Waals surface area contributed by atoms with Gasteiger partial charge in [0.1, 0.15) is 0 Å². The lowest BCUT2D eigenvalue weighted by Crippen LogP contribution is -2.12. The monoisotopic (exact) mass is 413 g/mol. The average molecular weight is 414 g/mol. The van der Waals surface area contributed by atoms with Gasteiger partial charge in [0.15, 0.2) is 0 Å². The van der Waals surface area contributed by atoms with Crippen molar-refractivity contribution in [3.8, 4) is 11.8 Å². The van der Waals surface area contributed by atoms with Crippen molar-refractivity contribution in [3.05, 3.63) is 53.0 Å². The van der Waals surface area contributed by atoms with E-state index in [1.807, 2.05) is 36.4 Å². The quantitative estimate of drug-likeness (QED) is 0.490. The molecule has 0 radical (unpaired) electrons. The summed E-state index contributed by atoms with van der Waals surface area (Å²) < 4.78 is 0.908. The lowest BCUT2D eigenvalue weighted by Gasteiger charge is -2.06. The van der Waals surface area contributed by atoms with Gasteiger partial charge in [0.2, 0.25) is 11.8 Å². The highest BCUT2D eigenvalue weighted by atomic mass is 79.9. The molecule has 2 rings (SSSR count). The first-order valence-electron chi connectivity index (χ1n) is 8.20. The molecular weight excluding hydrogens is 394 g/mol. The molecular formula is C20H20BrN3O2. The van der Waals surface area contributed by atoms with E-state index in [1.54, 1.807) is 12.1 Å². The number of benzene rings is 2. The highest BCUT2D eigenvalue weighted by Crippen LogP contribution is 2.17. The fourth-order valence-corrected chi connectivity index (χ4v) is 2.54. The van der Waals surface area contributed by atoms with Gasteiger partial charge in [-0.2, -0.15) is 0 Å².